The summed E-state index contributed by atoms with van der Waals surface area (Å²) in [5, 5.41) is 3.07. The quantitative estimate of drug-likeness (QED) is 0.649. The summed E-state index contributed by atoms with van der Waals surface area (Å²) in [5.74, 6) is -0.192. The predicted molar refractivity (Wildman–Crippen MR) is 79.8 cm³/mol. The monoisotopic (exact) mass is 358 g/mol. The maximum atomic E-state index is 13.5. The van der Waals surface area contributed by atoms with Gasteiger partial charge in [-0.2, -0.15) is 0 Å². The summed E-state index contributed by atoms with van der Waals surface area (Å²) in [6.07, 6.45) is 0. The molecule has 2 aromatic rings. The lowest BCUT2D eigenvalue weighted by molar-refractivity contribution is 0.386. The Morgan fingerprint density at radius 1 is 1.22 bits per heavy atom. The van der Waals surface area contributed by atoms with Gasteiger partial charge < -0.3 is 15.8 Å². The molecule has 2 rings (SSSR count). The molecule has 0 aliphatic heterocycles. The highest BCUT2D eigenvalue weighted by atomic mass is 127. The van der Waals surface area contributed by atoms with E-state index in [1.165, 1.54) is 13.2 Å². The first-order chi connectivity index (χ1) is 8.60. The summed E-state index contributed by atoms with van der Waals surface area (Å²) >= 11 is 2.18. The zero-order valence-electron chi connectivity index (χ0n) is 9.71. The van der Waals surface area contributed by atoms with Crippen LogP contribution in [0.15, 0.2) is 36.4 Å². The van der Waals surface area contributed by atoms with Crippen LogP contribution in [0.1, 0.15) is 0 Å². The molecular formula is C13H12FIN2O. The van der Waals surface area contributed by atoms with Crippen LogP contribution >= 0.6 is 22.6 Å². The highest BCUT2D eigenvalue weighted by Crippen LogP contribution is 2.27. The van der Waals surface area contributed by atoms with Crippen LogP contribution in [0.2, 0.25) is 0 Å². The smallest absolute Gasteiger partial charge is 0.167 e. The molecule has 0 amide bonds. The zero-order chi connectivity index (χ0) is 13.1. The van der Waals surface area contributed by atoms with Gasteiger partial charge in [0.15, 0.2) is 11.6 Å². The van der Waals surface area contributed by atoms with Crippen LogP contribution in [0, 0.1) is 9.39 Å². The number of ether oxygens (including phenoxy) is 1. The van der Waals surface area contributed by atoms with Crippen molar-refractivity contribution in [3.63, 3.8) is 0 Å². The van der Waals surface area contributed by atoms with Gasteiger partial charge in [0.1, 0.15) is 0 Å². The normalized spacial score (nSPS) is 10.2. The maximum absolute atomic E-state index is 13.5. The number of methoxy groups -OCH3 is 1. The topological polar surface area (TPSA) is 47.3 Å². The molecule has 0 unspecified atom stereocenters. The van der Waals surface area contributed by atoms with Crippen LogP contribution in [-0.2, 0) is 0 Å². The molecule has 0 bridgehead atoms. The van der Waals surface area contributed by atoms with E-state index in [2.05, 4.69) is 27.9 Å². The molecule has 0 spiro atoms. The molecule has 0 aromatic heterocycles. The fraction of sp³-hybridized carbons (Fsp3) is 0.0769. The first kappa shape index (κ1) is 12.9. The Morgan fingerprint density at radius 3 is 2.61 bits per heavy atom. The van der Waals surface area contributed by atoms with E-state index in [1.54, 1.807) is 12.1 Å². The highest BCUT2D eigenvalue weighted by Gasteiger charge is 2.05. The summed E-state index contributed by atoms with van der Waals surface area (Å²) in [5.41, 5.74) is 7.88. The average Bonchev–Trinajstić information content (AvgIpc) is 2.33. The van der Waals surface area contributed by atoms with E-state index in [1.807, 2.05) is 18.2 Å². The van der Waals surface area contributed by atoms with Crippen LogP contribution in [0.4, 0.5) is 21.5 Å². The van der Waals surface area contributed by atoms with Crippen molar-refractivity contribution in [3.05, 3.63) is 45.8 Å². The summed E-state index contributed by atoms with van der Waals surface area (Å²) in [4.78, 5) is 0. The molecule has 0 saturated heterocycles. The molecule has 0 aliphatic rings. The summed E-state index contributed by atoms with van der Waals surface area (Å²) in [7, 11) is 1.43. The van der Waals surface area contributed by atoms with E-state index in [9.17, 15) is 4.39 Å². The second-order valence-corrected chi connectivity index (χ2v) is 4.95. The molecule has 18 heavy (non-hydrogen) atoms. The lowest BCUT2D eigenvalue weighted by atomic mass is 10.2. The van der Waals surface area contributed by atoms with Crippen molar-refractivity contribution in [1.82, 2.24) is 0 Å². The van der Waals surface area contributed by atoms with Crippen LogP contribution in [-0.4, -0.2) is 7.11 Å². The SMILES string of the molecule is COc1ccc(Nc2ccc(I)cc2N)cc1F. The van der Waals surface area contributed by atoms with Gasteiger partial charge in [-0.05, 0) is 52.9 Å². The molecule has 0 aliphatic carbocycles. The molecule has 0 fully saturated rings. The lowest BCUT2D eigenvalue weighted by Gasteiger charge is -2.10. The molecule has 94 valence electrons. The number of nitrogens with one attached hydrogen (secondary N) is 1. The summed E-state index contributed by atoms with van der Waals surface area (Å²) < 4.78 is 19.4. The first-order valence-corrected chi connectivity index (χ1v) is 6.33. The molecule has 2 aromatic carbocycles. The number of nitrogens with two attached hydrogens (primary N) is 1. The van der Waals surface area contributed by atoms with Crippen LogP contribution < -0.4 is 15.8 Å². The Bertz CT molecular complexity index is 575. The Hall–Kier alpha value is -1.50. The van der Waals surface area contributed by atoms with Crippen molar-refractivity contribution in [2.45, 2.75) is 0 Å². The van der Waals surface area contributed by atoms with Gasteiger partial charge in [0.2, 0.25) is 0 Å². The third-order valence-corrected chi connectivity index (χ3v) is 3.12. The average molecular weight is 358 g/mol. The van der Waals surface area contributed by atoms with Gasteiger partial charge in [0.25, 0.3) is 0 Å². The maximum Gasteiger partial charge on any atom is 0.167 e. The van der Waals surface area contributed by atoms with Crippen LogP contribution in [0.3, 0.4) is 0 Å². The minimum atomic E-state index is -0.411. The minimum Gasteiger partial charge on any atom is -0.494 e. The molecule has 0 saturated carbocycles. The van der Waals surface area contributed by atoms with Crippen LogP contribution in [0.5, 0.6) is 5.75 Å². The first-order valence-electron chi connectivity index (χ1n) is 5.26. The van der Waals surface area contributed by atoms with E-state index in [0.717, 1.165) is 9.26 Å². The fourth-order valence-corrected chi connectivity index (χ4v) is 2.06. The Morgan fingerprint density at radius 2 is 2.00 bits per heavy atom. The van der Waals surface area contributed by atoms with E-state index in [0.29, 0.717) is 11.4 Å². The van der Waals surface area contributed by atoms with Crippen LogP contribution in [0.25, 0.3) is 0 Å². The van der Waals surface area contributed by atoms with Gasteiger partial charge >= 0.3 is 0 Å². The number of benzene rings is 2. The number of rotatable bonds is 3. The largest absolute Gasteiger partial charge is 0.494 e. The van der Waals surface area contributed by atoms with Crippen molar-refractivity contribution in [3.8, 4) is 5.75 Å². The fourth-order valence-electron chi connectivity index (χ4n) is 1.55. The van der Waals surface area contributed by atoms with Crippen molar-refractivity contribution >= 4 is 39.7 Å². The third kappa shape index (κ3) is 2.84. The van der Waals surface area contributed by atoms with Crippen molar-refractivity contribution in [2.75, 3.05) is 18.2 Å². The summed E-state index contributed by atoms with van der Waals surface area (Å²) in [6.45, 7) is 0. The second-order valence-electron chi connectivity index (χ2n) is 3.71. The number of halogens is 2. The van der Waals surface area contributed by atoms with E-state index in [4.69, 9.17) is 10.5 Å². The number of hydrogen-bond donors (Lipinski definition) is 2. The molecule has 0 heterocycles. The predicted octanol–water partition coefficient (Wildman–Crippen LogP) is 3.76. The minimum absolute atomic E-state index is 0.219. The molecule has 0 atom stereocenters. The van der Waals surface area contributed by atoms with E-state index < -0.39 is 5.82 Å². The highest BCUT2D eigenvalue weighted by molar-refractivity contribution is 14.1. The van der Waals surface area contributed by atoms with Gasteiger partial charge in [0.05, 0.1) is 18.5 Å². The third-order valence-electron chi connectivity index (χ3n) is 2.44. The second kappa shape index (κ2) is 5.43. The molecule has 3 N–H and O–H groups in total. The van der Waals surface area contributed by atoms with Gasteiger partial charge in [-0.3, -0.25) is 0 Å². The molecule has 0 radical (unpaired) electrons. The van der Waals surface area contributed by atoms with E-state index in [-0.39, 0.29) is 5.75 Å². The number of hydrogen-bond acceptors (Lipinski definition) is 3. The van der Waals surface area contributed by atoms with Crippen molar-refractivity contribution < 1.29 is 9.13 Å². The summed E-state index contributed by atoms with van der Waals surface area (Å²) in [6, 6.07) is 10.3. The van der Waals surface area contributed by atoms with Gasteiger partial charge in [-0.25, -0.2) is 4.39 Å². The van der Waals surface area contributed by atoms with Gasteiger partial charge in [-0.1, -0.05) is 0 Å². The standard InChI is InChI=1S/C13H12FIN2O/c1-18-13-5-3-9(7-10(13)14)17-12-4-2-8(15)6-11(12)16/h2-7,17H,16H2,1H3. The van der Waals surface area contributed by atoms with Gasteiger partial charge in [0, 0.05) is 15.3 Å². The Balaban J connectivity index is 2.26. The Labute approximate surface area is 118 Å². The number of nitrogen functional groups attached to an aromatic ring is 1. The lowest BCUT2D eigenvalue weighted by Crippen LogP contribution is -1.97. The van der Waals surface area contributed by atoms with Gasteiger partial charge in [-0.15, -0.1) is 0 Å². The van der Waals surface area contributed by atoms with E-state index >= 15 is 0 Å². The molecule has 5 heteroatoms. The van der Waals surface area contributed by atoms with Crippen molar-refractivity contribution in [1.29, 1.82) is 0 Å². The Kier molecular flexibility index (Phi) is 3.90. The van der Waals surface area contributed by atoms with Crippen molar-refractivity contribution in [2.24, 2.45) is 0 Å². The zero-order valence-corrected chi connectivity index (χ0v) is 11.9. The number of anilines is 3. The molecular weight excluding hydrogens is 346 g/mol. The molecule has 3 nitrogen and oxygen atoms in total.